The van der Waals surface area contributed by atoms with Gasteiger partial charge in [-0.2, -0.15) is 0 Å². The van der Waals surface area contributed by atoms with E-state index in [0.717, 1.165) is 25.7 Å². The van der Waals surface area contributed by atoms with E-state index in [1.807, 2.05) is 0 Å². The van der Waals surface area contributed by atoms with Crippen molar-refractivity contribution in [2.75, 3.05) is 6.54 Å². The van der Waals surface area contributed by atoms with Crippen LogP contribution in [0.3, 0.4) is 0 Å². The highest BCUT2D eigenvalue weighted by molar-refractivity contribution is 7.89. The zero-order valence-electron chi connectivity index (χ0n) is 12.7. The van der Waals surface area contributed by atoms with Gasteiger partial charge in [0.05, 0.1) is 0 Å². The zero-order chi connectivity index (χ0) is 15.0. The predicted octanol–water partition coefficient (Wildman–Crippen LogP) is 1.90. The second-order valence-electron chi connectivity index (χ2n) is 5.77. The van der Waals surface area contributed by atoms with E-state index in [0.29, 0.717) is 18.0 Å². The van der Waals surface area contributed by atoms with E-state index in [1.165, 1.54) is 0 Å². The smallest absolute Gasteiger partial charge is 0.246 e. The van der Waals surface area contributed by atoms with Crippen molar-refractivity contribution in [2.24, 2.45) is 11.7 Å². The molecular formula is C13H24ClN3O3S. The van der Waals surface area contributed by atoms with Crippen LogP contribution in [0.2, 0.25) is 0 Å². The molecule has 0 aliphatic heterocycles. The second-order valence-corrected chi connectivity index (χ2v) is 7.39. The maximum Gasteiger partial charge on any atom is 0.246 e. The average Bonchev–Trinajstić information content (AvgIpc) is 2.72. The number of halogens is 1. The van der Waals surface area contributed by atoms with Gasteiger partial charge in [0.1, 0.15) is 10.6 Å². The SMILES string of the molecule is Cc1noc(C)c1S(=O)(=O)NC1(CN)CCCCC1C.Cl. The molecule has 3 N–H and O–H groups in total. The molecule has 2 rings (SSSR count). The second kappa shape index (κ2) is 6.64. The number of hydrogen-bond donors (Lipinski definition) is 2. The first-order valence-corrected chi connectivity index (χ1v) is 8.47. The minimum atomic E-state index is -3.67. The summed E-state index contributed by atoms with van der Waals surface area (Å²) in [5.74, 6) is 0.530. The van der Waals surface area contributed by atoms with E-state index >= 15 is 0 Å². The summed E-state index contributed by atoms with van der Waals surface area (Å²) in [4.78, 5) is 0.142. The van der Waals surface area contributed by atoms with Crippen LogP contribution >= 0.6 is 12.4 Å². The van der Waals surface area contributed by atoms with Crippen molar-refractivity contribution in [3.8, 4) is 0 Å². The van der Waals surface area contributed by atoms with Crippen molar-refractivity contribution in [1.29, 1.82) is 0 Å². The Balaban J connectivity index is 0.00000220. The number of aryl methyl sites for hydroxylation is 2. The number of hydrogen-bond acceptors (Lipinski definition) is 5. The van der Waals surface area contributed by atoms with Gasteiger partial charge >= 0.3 is 0 Å². The van der Waals surface area contributed by atoms with E-state index in [1.54, 1.807) is 13.8 Å². The molecule has 1 saturated carbocycles. The number of sulfonamides is 1. The summed E-state index contributed by atoms with van der Waals surface area (Å²) < 4.78 is 33.1. The molecule has 1 aromatic rings. The van der Waals surface area contributed by atoms with Crippen molar-refractivity contribution >= 4 is 22.4 Å². The Kier molecular flexibility index (Phi) is 5.83. The van der Waals surface area contributed by atoms with Gasteiger partial charge in [0.25, 0.3) is 0 Å². The van der Waals surface area contributed by atoms with Crippen molar-refractivity contribution in [2.45, 2.75) is 56.9 Å². The summed E-state index contributed by atoms with van der Waals surface area (Å²) >= 11 is 0. The molecule has 1 heterocycles. The Bertz CT molecular complexity index is 568. The van der Waals surface area contributed by atoms with E-state index < -0.39 is 15.6 Å². The molecule has 8 heteroatoms. The average molecular weight is 338 g/mol. The molecule has 2 atom stereocenters. The lowest BCUT2D eigenvalue weighted by molar-refractivity contribution is 0.191. The van der Waals surface area contributed by atoms with Crippen LogP contribution < -0.4 is 10.5 Å². The van der Waals surface area contributed by atoms with E-state index in [-0.39, 0.29) is 23.2 Å². The van der Waals surface area contributed by atoms with Gasteiger partial charge in [0.15, 0.2) is 5.76 Å². The standard InChI is InChI=1S/C13H23N3O3S.ClH/c1-9-6-4-5-7-13(9,8-14)16-20(17,18)12-10(2)15-19-11(12)3;/h9,16H,4-8,14H2,1-3H3;1H. The summed E-state index contributed by atoms with van der Waals surface area (Å²) in [7, 11) is -3.67. The van der Waals surface area contributed by atoms with Gasteiger partial charge in [-0.25, -0.2) is 13.1 Å². The predicted molar refractivity (Wildman–Crippen MR) is 83.0 cm³/mol. The molecule has 1 aliphatic carbocycles. The molecule has 21 heavy (non-hydrogen) atoms. The first-order valence-electron chi connectivity index (χ1n) is 6.99. The van der Waals surface area contributed by atoms with Crippen LogP contribution in [0, 0.1) is 19.8 Å². The third kappa shape index (κ3) is 3.41. The lowest BCUT2D eigenvalue weighted by Crippen LogP contribution is -2.59. The van der Waals surface area contributed by atoms with Crippen LogP contribution in [0.15, 0.2) is 9.42 Å². The lowest BCUT2D eigenvalue weighted by Gasteiger charge is -2.42. The summed E-state index contributed by atoms with van der Waals surface area (Å²) in [6, 6.07) is 0. The number of nitrogens with zero attached hydrogens (tertiary/aromatic N) is 1. The van der Waals surface area contributed by atoms with E-state index in [2.05, 4.69) is 16.8 Å². The van der Waals surface area contributed by atoms with Gasteiger partial charge in [-0.15, -0.1) is 12.4 Å². The largest absolute Gasteiger partial charge is 0.360 e. The van der Waals surface area contributed by atoms with Gasteiger partial charge in [0, 0.05) is 12.1 Å². The summed E-state index contributed by atoms with van der Waals surface area (Å²) in [5.41, 5.74) is 5.72. The van der Waals surface area contributed by atoms with Gasteiger partial charge in [-0.05, 0) is 32.6 Å². The summed E-state index contributed by atoms with van der Waals surface area (Å²) in [5, 5.41) is 3.72. The first kappa shape index (κ1) is 18.4. The monoisotopic (exact) mass is 337 g/mol. The van der Waals surface area contributed by atoms with Crippen molar-refractivity contribution < 1.29 is 12.9 Å². The molecule has 6 nitrogen and oxygen atoms in total. The molecule has 0 saturated heterocycles. The molecule has 0 bridgehead atoms. The van der Waals surface area contributed by atoms with Gasteiger partial charge < -0.3 is 10.3 Å². The minimum absolute atomic E-state index is 0. The van der Waals surface area contributed by atoms with E-state index in [9.17, 15) is 8.42 Å². The fourth-order valence-corrected chi connectivity index (χ4v) is 4.95. The fraction of sp³-hybridized carbons (Fsp3) is 0.769. The van der Waals surface area contributed by atoms with Crippen LogP contribution in [0.25, 0.3) is 0 Å². The molecule has 0 spiro atoms. The number of rotatable bonds is 4. The zero-order valence-corrected chi connectivity index (χ0v) is 14.3. The third-order valence-corrected chi connectivity index (χ3v) is 6.19. The van der Waals surface area contributed by atoms with Gasteiger partial charge in [-0.1, -0.05) is 24.9 Å². The lowest BCUT2D eigenvalue weighted by atomic mass is 9.74. The Labute approximate surface area is 132 Å². The Morgan fingerprint density at radius 1 is 1.43 bits per heavy atom. The molecule has 0 aromatic carbocycles. The Morgan fingerprint density at radius 3 is 2.57 bits per heavy atom. The normalized spacial score (nSPS) is 26.4. The minimum Gasteiger partial charge on any atom is -0.360 e. The molecule has 1 aromatic heterocycles. The molecule has 1 aliphatic rings. The Morgan fingerprint density at radius 2 is 2.10 bits per heavy atom. The van der Waals surface area contributed by atoms with Crippen molar-refractivity contribution in [1.82, 2.24) is 9.88 Å². The molecule has 122 valence electrons. The van der Waals surface area contributed by atoms with Crippen LogP contribution in [0.5, 0.6) is 0 Å². The van der Waals surface area contributed by atoms with Crippen LogP contribution in [0.4, 0.5) is 0 Å². The molecular weight excluding hydrogens is 314 g/mol. The molecule has 2 unspecified atom stereocenters. The molecule has 0 amide bonds. The summed E-state index contributed by atoms with van der Waals surface area (Å²) in [6.45, 7) is 5.59. The topological polar surface area (TPSA) is 98.2 Å². The van der Waals surface area contributed by atoms with Gasteiger partial charge in [-0.3, -0.25) is 0 Å². The molecule has 1 fully saturated rings. The quantitative estimate of drug-likeness (QED) is 0.874. The highest BCUT2D eigenvalue weighted by Crippen LogP contribution is 2.34. The third-order valence-electron chi connectivity index (χ3n) is 4.39. The summed E-state index contributed by atoms with van der Waals surface area (Å²) in [6.07, 6.45) is 3.87. The van der Waals surface area contributed by atoms with Crippen molar-refractivity contribution in [3.63, 3.8) is 0 Å². The number of nitrogens with one attached hydrogen (secondary N) is 1. The maximum absolute atomic E-state index is 12.6. The van der Waals surface area contributed by atoms with Gasteiger partial charge in [0.2, 0.25) is 10.0 Å². The van der Waals surface area contributed by atoms with E-state index in [4.69, 9.17) is 10.3 Å². The fourth-order valence-electron chi connectivity index (χ4n) is 3.09. The first-order chi connectivity index (χ1) is 9.32. The molecule has 0 radical (unpaired) electrons. The van der Waals surface area contributed by atoms with Crippen molar-refractivity contribution in [3.05, 3.63) is 11.5 Å². The number of nitrogens with two attached hydrogens (primary N) is 1. The maximum atomic E-state index is 12.6. The number of aromatic nitrogens is 1. The van der Waals surface area contributed by atoms with Crippen LogP contribution in [-0.4, -0.2) is 25.7 Å². The highest BCUT2D eigenvalue weighted by atomic mass is 35.5. The van der Waals surface area contributed by atoms with Crippen LogP contribution in [-0.2, 0) is 10.0 Å². The highest BCUT2D eigenvalue weighted by Gasteiger charge is 2.41. The Hall–Kier alpha value is -0.630. The van der Waals surface area contributed by atoms with Crippen LogP contribution in [0.1, 0.15) is 44.1 Å².